The van der Waals surface area contributed by atoms with Gasteiger partial charge in [0.15, 0.2) is 0 Å². The van der Waals surface area contributed by atoms with E-state index >= 15 is 0 Å². The summed E-state index contributed by atoms with van der Waals surface area (Å²) in [6.45, 7) is 5.72. The van der Waals surface area contributed by atoms with Crippen molar-refractivity contribution in [2.45, 2.75) is 57.2 Å². The number of hydrogen-bond acceptors (Lipinski definition) is 4. The zero-order chi connectivity index (χ0) is 20.0. The van der Waals surface area contributed by atoms with E-state index in [0.29, 0.717) is 11.7 Å². The molecule has 150 valence electrons. The molecule has 4 heterocycles. The first kappa shape index (κ1) is 18.4. The Hall–Kier alpha value is -2.62. The van der Waals surface area contributed by atoms with E-state index in [0.717, 1.165) is 28.1 Å². The fraction of sp³-hybridized carbons (Fsp3) is 0.478. The number of nitrogens with one attached hydrogen (secondary N) is 1. The predicted molar refractivity (Wildman–Crippen MR) is 113 cm³/mol. The Morgan fingerprint density at radius 3 is 2.59 bits per heavy atom. The van der Waals surface area contributed by atoms with Crippen molar-refractivity contribution < 1.29 is 5.11 Å². The van der Waals surface area contributed by atoms with Crippen molar-refractivity contribution in [3.63, 3.8) is 0 Å². The summed E-state index contributed by atoms with van der Waals surface area (Å²) in [7, 11) is 0. The van der Waals surface area contributed by atoms with E-state index in [-0.39, 0.29) is 0 Å². The van der Waals surface area contributed by atoms with Gasteiger partial charge in [-0.05, 0) is 51.5 Å². The van der Waals surface area contributed by atoms with Crippen LogP contribution in [0.3, 0.4) is 0 Å². The number of likely N-dealkylation sites (tertiary alicyclic amines) is 1. The SMILES string of the molecule is CC(C)(O)C#Cc1cc2c(-c3cn[nH]c3)cn(C3CCN(C4CC4)CC3)c2cn1. The molecule has 2 fully saturated rings. The van der Waals surface area contributed by atoms with Gasteiger partial charge in [0, 0.05) is 54.1 Å². The van der Waals surface area contributed by atoms with E-state index in [1.165, 1.54) is 38.8 Å². The lowest BCUT2D eigenvalue weighted by Crippen LogP contribution is -2.35. The van der Waals surface area contributed by atoms with E-state index < -0.39 is 5.60 Å². The Bertz CT molecular complexity index is 1070. The van der Waals surface area contributed by atoms with Crippen LogP contribution in [0.15, 0.2) is 30.9 Å². The molecule has 2 N–H and O–H groups in total. The maximum absolute atomic E-state index is 9.91. The normalized spacial score (nSPS) is 18.7. The topological polar surface area (TPSA) is 70.0 Å². The highest BCUT2D eigenvalue weighted by atomic mass is 16.3. The van der Waals surface area contributed by atoms with Crippen LogP contribution >= 0.6 is 0 Å². The molecule has 0 spiro atoms. The lowest BCUT2D eigenvalue weighted by molar-refractivity contribution is 0.143. The second-order valence-electron chi connectivity index (χ2n) is 8.83. The molecule has 29 heavy (non-hydrogen) atoms. The summed E-state index contributed by atoms with van der Waals surface area (Å²) in [5.41, 5.74) is 2.99. The predicted octanol–water partition coefficient (Wildman–Crippen LogP) is 3.35. The van der Waals surface area contributed by atoms with Gasteiger partial charge in [-0.15, -0.1) is 0 Å². The summed E-state index contributed by atoms with van der Waals surface area (Å²) < 4.78 is 2.40. The minimum Gasteiger partial charge on any atom is -0.378 e. The molecule has 0 unspecified atom stereocenters. The van der Waals surface area contributed by atoms with Crippen molar-refractivity contribution in [2.24, 2.45) is 0 Å². The second-order valence-corrected chi connectivity index (χ2v) is 8.83. The quantitative estimate of drug-likeness (QED) is 0.674. The van der Waals surface area contributed by atoms with E-state index in [2.05, 4.69) is 42.7 Å². The summed E-state index contributed by atoms with van der Waals surface area (Å²) in [5, 5.41) is 18.1. The van der Waals surface area contributed by atoms with Crippen LogP contribution in [0, 0.1) is 11.8 Å². The Morgan fingerprint density at radius 1 is 1.14 bits per heavy atom. The van der Waals surface area contributed by atoms with Crippen LogP contribution in [0.4, 0.5) is 0 Å². The number of aliphatic hydroxyl groups is 1. The zero-order valence-corrected chi connectivity index (χ0v) is 17.0. The number of pyridine rings is 1. The highest BCUT2D eigenvalue weighted by molar-refractivity contribution is 5.96. The van der Waals surface area contributed by atoms with Crippen LogP contribution in [0.5, 0.6) is 0 Å². The van der Waals surface area contributed by atoms with Crippen molar-refractivity contribution in [3.05, 3.63) is 36.5 Å². The lowest BCUT2D eigenvalue weighted by atomic mass is 10.0. The molecule has 1 aliphatic carbocycles. The van der Waals surface area contributed by atoms with E-state index in [4.69, 9.17) is 0 Å². The van der Waals surface area contributed by atoms with Crippen molar-refractivity contribution in [1.29, 1.82) is 0 Å². The summed E-state index contributed by atoms with van der Waals surface area (Å²) in [6.07, 6.45) is 13.1. The van der Waals surface area contributed by atoms with Crippen LogP contribution in [-0.2, 0) is 0 Å². The molecule has 0 aromatic carbocycles. The van der Waals surface area contributed by atoms with Gasteiger partial charge in [0.05, 0.1) is 17.9 Å². The minimum absolute atomic E-state index is 0.489. The van der Waals surface area contributed by atoms with Gasteiger partial charge < -0.3 is 14.6 Å². The summed E-state index contributed by atoms with van der Waals surface area (Å²) >= 11 is 0. The van der Waals surface area contributed by atoms with Gasteiger partial charge in [-0.3, -0.25) is 5.10 Å². The molecule has 1 saturated carbocycles. The third-order valence-electron chi connectivity index (χ3n) is 5.98. The van der Waals surface area contributed by atoms with Gasteiger partial charge in [-0.2, -0.15) is 5.10 Å². The second kappa shape index (κ2) is 7.01. The number of rotatable bonds is 3. The van der Waals surface area contributed by atoms with Crippen molar-refractivity contribution >= 4 is 10.9 Å². The molecule has 5 rings (SSSR count). The van der Waals surface area contributed by atoms with Crippen LogP contribution in [0.25, 0.3) is 22.0 Å². The molecule has 1 aliphatic heterocycles. The maximum atomic E-state index is 9.91. The number of aromatic nitrogens is 4. The standard InChI is InChI=1S/C23H27N5O/c1-23(2,29)8-5-17-11-20-21(16-12-25-26-13-16)15-28(22(20)14-24-17)19-6-9-27(10-7-19)18-3-4-18/h11-15,18-19,29H,3-4,6-7,9-10H2,1-2H3,(H,25,26). The van der Waals surface area contributed by atoms with Gasteiger partial charge in [0.25, 0.3) is 0 Å². The highest BCUT2D eigenvalue weighted by Gasteiger charge is 2.32. The first-order valence-corrected chi connectivity index (χ1v) is 10.5. The number of aromatic amines is 1. The molecular formula is C23H27N5O. The average Bonchev–Trinajstić information content (AvgIpc) is 3.28. The minimum atomic E-state index is -1.04. The Kier molecular flexibility index (Phi) is 4.45. The molecule has 0 amide bonds. The summed E-state index contributed by atoms with van der Waals surface area (Å²) in [4.78, 5) is 7.23. The first-order valence-electron chi connectivity index (χ1n) is 10.5. The lowest BCUT2D eigenvalue weighted by Gasteiger charge is -2.33. The summed E-state index contributed by atoms with van der Waals surface area (Å²) in [5.74, 6) is 5.87. The average molecular weight is 390 g/mol. The third kappa shape index (κ3) is 3.81. The fourth-order valence-electron chi connectivity index (χ4n) is 4.33. The number of nitrogens with zero attached hydrogens (tertiary/aromatic N) is 4. The molecule has 0 atom stereocenters. The maximum Gasteiger partial charge on any atom is 0.120 e. The summed E-state index contributed by atoms with van der Waals surface area (Å²) in [6, 6.07) is 3.37. The molecule has 0 radical (unpaired) electrons. The van der Waals surface area contributed by atoms with E-state index in [1.807, 2.05) is 24.7 Å². The number of hydrogen-bond donors (Lipinski definition) is 2. The molecular weight excluding hydrogens is 362 g/mol. The smallest absolute Gasteiger partial charge is 0.120 e. The van der Waals surface area contributed by atoms with Gasteiger partial charge in [0.2, 0.25) is 0 Å². The molecule has 2 aliphatic rings. The number of fused-ring (bicyclic) bond motifs is 1. The molecule has 3 aromatic rings. The van der Waals surface area contributed by atoms with Crippen LogP contribution in [-0.4, -0.2) is 54.5 Å². The van der Waals surface area contributed by atoms with Crippen molar-refractivity contribution in [3.8, 4) is 23.0 Å². The Labute approximate surface area is 170 Å². The van der Waals surface area contributed by atoms with Crippen molar-refractivity contribution in [2.75, 3.05) is 13.1 Å². The number of piperidine rings is 1. The molecule has 6 nitrogen and oxygen atoms in total. The monoisotopic (exact) mass is 389 g/mol. The number of H-pyrrole nitrogens is 1. The van der Waals surface area contributed by atoms with Crippen LogP contribution < -0.4 is 0 Å². The highest BCUT2D eigenvalue weighted by Crippen LogP contribution is 2.37. The first-order chi connectivity index (χ1) is 14.0. The molecule has 6 heteroatoms. The third-order valence-corrected chi connectivity index (χ3v) is 5.98. The van der Waals surface area contributed by atoms with Gasteiger partial charge >= 0.3 is 0 Å². The van der Waals surface area contributed by atoms with Crippen molar-refractivity contribution in [1.82, 2.24) is 24.6 Å². The zero-order valence-electron chi connectivity index (χ0n) is 17.0. The van der Waals surface area contributed by atoms with Gasteiger partial charge in [-0.25, -0.2) is 4.98 Å². The fourth-order valence-corrected chi connectivity index (χ4v) is 4.33. The van der Waals surface area contributed by atoms with Crippen LogP contribution in [0.2, 0.25) is 0 Å². The largest absolute Gasteiger partial charge is 0.378 e. The van der Waals surface area contributed by atoms with Gasteiger partial charge in [-0.1, -0.05) is 5.92 Å². The molecule has 3 aromatic heterocycles. The van der Waals surface area contributed by atoms with E-state index in [1.54, 1.807) is 13.8 Å². The van der Waals surface area contributed by atoms with Gasteiger partial charge in [0.1, 0.15) is 11.3 Å². The van der Waals surface area contributed by atoms with E-state index in [9.17, 15) is 5.11 Å². The molecule has 1 saturated heterocycles. The Morgan fingerprint density at radius 2 is 1.93 bits per heavy atom. The Balaban J connectivity index is 1.53. The van der Waals surface area contributed by atoms with Crippen LogP contribution in [0.1, 0.15) is 51.3 Å². The molecule has 0 bridgehead atoms.